The van der Waals surface area contributed by atoms with Crippen LogP contribution in [0.15, 0.2) is 42.7 Å². The van der Waals surface area contributed by atoms with Gasteiger partial charge in [0.2, 0.25) is 0 Å². The number of carboxylic acid groups (broad SMARTS) is 1. The lowest BCUT2D eigenvalue weighted by Gasteiger charge is -2.42. The van der Waals surface area contributed by atoms with Gasteiger partial charge in [0.25, 0.3) is 0 Å². The Bertz CT molecular complexity index is 786. The van der Waals surface area contributed by atoms with E-state index in [-0.39, 0.29) is 24.7 Å². The molecule has 8 nitrogen and oxygen atoms in total. The van der Waals surface area contributed by atoms with E-state index >= 15 is 0 Å². The highest BCUT2D eigenvalue weighted by molar-refractivity contribution is 5.74. The van der Waals surface area contributed by atoms with E-state index in [1.54, 1.807) is 6.20 Å². The molecule has 1 saturated carbocycles. The zero-order valence-corrected chi connectivity index (χ0v) is 16.0. The first-order chi connectivity index (χ1) is 13.5. The Labute approximate surface area is 164 Å². The van der Waals surface area contributed by atoms with Crippen LogP contribution in [-0.4, -0.2) is 57.0 Å². The van der Waals surface area contributed by atoms with Gasteiger partial charge in [0.15, 0.2) is 0 Å². The number of benzene rings is 1. The summed E-state index contributed by atoms with van der Waals surface area (Å²) in [5.74, 6) is -0.816. The van der Waals surface area contributed by atoms with Crippen LogP contribution in [0.5, 0.6) is 0 Å². The molecule has 8 heteroatoms. The molecular formula is C20H27N5O3. The number of rotatable bonds is 9. The molecule has 0 radical (unpaired) electrons. The fourth-order valence-corrected chi connectivity index (χ4v) is 3.45. The van der Waals surface area contributed by atoms with Gasteiger partial charge in [-0.2, -0.15) is 5.10 Å². The maximum absolute atomic E-state index is 12.1. The first-order valence-corrected chi connectivity index (χ1v) is 9.59. The van der Waals surface area contributed by atoms with Gasteiger partial charge in [0, 0.05) is 30.4 Å². The van der Waals surface area contributed by atoms with Gasteiger partial charge in [-0.05, 0) is 24.9 Å². The van der Waals surface area contributed by atoms with E-state index in [4.69, 9.17) is 5.11 Å². The van der Waals surface area contributed by atoms with E-state index in [0.717, 1.165) is 18.4 Å². The third-order valence-electron chi connectivity index (χ3n) is 5.04. The number of likely N-dealkylation sites (N-methyl/N-ethyl adjacent to an activating group) is 1. The number of nitrogens with one attached hydrogen (secondary N) is 2. The van der Waals surface area contributed by atoms with E-state index in [2.05, 4.69) is 27.9 Å². The summed E-state index contributed by atoms with van der Waals surface area (Å²) in [7, 11) is 0. The molecular weight excluding hydrogens is 358 g/mol. The summed E-state index contributed by atoms with van der Waals surface area (Å²) in [5, 5.41) is 19.1. The molecule has 0 atom stereocenters. The maximum Gasteiger partial charge on any atom is 0.317 e. The highest BCUT2D eigenvalue weighted by atomic mass is 16.4. The zero-order chi connectivity index (χ0) is 19.9. The van der Waals surface area contributed by atoms with Gasteiger partial charge in [0.1, 0.15) is 0 Å². The molecule has 0 spiro atoms. The van der Waals surface area contributed by atoms with Crippen LogP contribution in [0.1, 0.15) is 30.9 Å². The summed E-state index contributed by atoms with van der Waals surface area (Å²) < 4.78 is 1.85. The average molecular weight is 385 g/mol. The Hall–Kier alpha value is -2.87. The van der Waals surface area contributed by atoms with Crippen LogP contribution in [0, 0.1) is 0 Å². The number of hydrogen-bond acceptors (Lipinski definition) is 4. The lowest BCUT2D eigenvalue weighted by molar-refractivity contribution is -0.139. The highest BCUT2D eigenvalue weighted by Gasteiger charge is 2.34. The molecule has 1 heterocycles. The Morgan fingerprint density at radius 3 is 2.68 bits per heavy atom. The van der Waals surface area contributed by atoms with E-state index in [9.17, 15) is 9.59 Å². The normalized spacial score (nSPS) is 18.5. The lowest BCUT2D eigenvalue weighted by Crippen LogP contribution is -2.56. The third kappa shape index (κ3) is 5.56. The van der Waals surface area contributed by atoms with Gasteiger partial charge in [-0.25, -0.2) is 4.79 Å². The number of aromatic nitrogens is 2. The molecule has 0 aliphatic heterocycles. The number of aliphatic carboxylic acids is 1. The fourth-order valence-electron chi connectivity index (χ4n) is 3.45. The minimum absolute atomic E-state index is 0.0487. The third-order valence-corrected chi connectivity index (χ3v) is 5.04. The standard InChI is InChI=1S/C20H27N5O3/c1-2-24(14-19(26)27)18-8-17(9-18)23-20(28)21-10-16-11-22-25(13-16)12-15-6-4-3-5-7-15/h3-7,11,13,17-18H,2,8-10,12,14H2,1H3,(H,26,27)(H2,21,23,28). The Morgan fingerprint density at radius 2 is 2.00 bits per heavy atom. The molecule has 1 aromatic carbocycles. The number of carbonyl (C=O) groups excluding carboxylic acids is 1. The molecule has 3 N–H and O–H groups in total. The van der Waals surface area contributed by atoms with Crippen molar-refractivity contribution < 1.29 is 14.7 Å². The SMILES string of the molecule is CCN(CC(=O)O)C1CC(NC(=O)NCc2cnn(Cc3ccccc3)c2)C1. The van der Waals surface area contributed by atoms with Crippen LogP contribution < -0.4 is 10.6 Å². The Balaban J connectivity index is 1.37. The van der Waals surface area contributed by atoms with E-state index in [1.165, 1.54) is 5.56 Å². The quantitative estimate of drug-likeness (QED) is 0.610. The monoisotopic (exact) mass is 385 g/mol. The molecule has 1 aliphatic rings. The lowest BCUT2D eigenvalue weighted by atomic mass is 9.85. The molecule has 1 aromatic heterocycles. The van der Waals surface area contributed by atoms with Crippen LogP contribution in [0.4, 0.5) is 4.79 Å². The molecule has 2 amide bonds. The topological polar surface area (TPSA) is 99.5 Å². The molecule has 3 rings (SSSR count). The summed E-state index contributed by atoms with van der Waals surface area (Å²) in [6.07, 6.45) is 5.25. The first-order valence-electron chi connectivity index (χ1n) is 9.59. The van der Waals surface area contributed by atoms with Crippen molar-refractivity contribution in [2.24, 2.45) is 0 Å². The van der Waals surface area contributed by atoms with Crippen molar-refractivity contribution in [3.63, 3.8) is 0 Å². The molecule has 2 aromatic rings. The summed E-state index contributed by atoms with van der Waals surface area (Å²) >= 11 is 0. The average Bonchev–Trinajstić information content (AvgIpc) is 3.09. The zero-order valence-electron chi connectivity index (χ0n) is 16.0. The largest absolute Gasteiger partial charge is 0.480 e. The second kappa shape index (κ2) is 9.36. The number of hydrogen-bond donors (Lipinski definition) is 3. The molecule has 28 heavy (non-hydrogen) atoms. The Kier molecular flexibility index (Phi) is 6.65. The smallest absolute Gasteiger partial charge is 0.317 e. The van der Waals surface area contributed by atoms with Crippen molar-refractivity contribution in [1.29, 1.82) is 0 Å². The van der Waals surface area contributed by atoms with Gasteiger partial charge in [-0.1, -0.05) is 37.3 Å². The predicted molar refractivity (Wildman–Crippen MR) is 105 cm³/mol. The van der Waals surface area contributed by atoms with Crippen LogP contribution in [-0.2, 0) is 17.9 Å². The van der Waals surface area contributed by atoms with E-state index in [0.29, 0.717) is 19.6 Å². The van der Waals surface area contributed by atoms with E-state index in [1.807, 2.05) is 40.9 Å². The number of carbonyl (C=O) groups is 2. The summed E-state index contributed by atoms with van der Waals surface area (Å²) in [6.45, 7) is 3.81. The molecule has 0 bridgehead atoms. The van der Waals surface area contributed by atoms with Crippen LogP contribution in [0.2, 0.25) is 0 Å². The molecule has 0 unspecified atom stereocenters. The van der Waals surface area contributed by atoms with Gasteiger partial charge in [0.05, 0.1) is 19.3 Å². The van der Waals surface area contributed by atoms with Crippen LogP contribution in [0.25, 0.3) is 0 Å². The second-order valence-electron chi connectivity index (χ2n) is 7.14. The summed E-state index contributed by atoms with van der Waals surface area (Å²) in [5.41, 5.74) is 2.11. The highest BCUT2D eigenvalue weighted by Crippen LogP contribution is 2.25. The van der Waals surface area contributed by atoms with Crippen molar-refractivity contribution in [3.8, 4) is 0 Å². The van der Waals surface area contributed by atoms with Crippen LogP contribution in [0.3, 0.4) is 0 Å². The van der Waals surface area contributed by atoms with Gasteiger partial charge < -0.3 is 15.7 Å². The van der Waals surface area contributed by atoms with Crippen molar-refractivity contribution in [3.05, 3.63) is 53.9 Å². The fraction of sp³-hybridized carbons (Fsp3) is 0.450. The summed E-state index contributed by atoms with van der Waals surface area (Å²) in [4.78, 5) is 24.9. The van der Waals surface area contributed by atoms with Crippen molar-refractivity contribution in [2.75, 3.05) is 13.1 Å². The van der Waals surface area contributed by atoms with Crippen molar-refractivity contribution in [2.45, 2.75) is 44.9 Å². The van der Waals surface area contributed by atoms with Gasteiger partial charge in [-0.3, -0.25) is 14.4 Å². The Morgan fingerprint density at radius 1 is 1.25 bits per heavy atom. The minimum Gasteiger partial charge on any atom is -0.480 e. The van der Waals surface area contributed by atoms with Crippen LogP contribution >= 0.6 is 0 Å². The second-order valence-corrected chi connectivity index (χ2v) is 7.14. The maximum atomic E-state index is 12.1. The summed E-state index contributed by atoms with van der Waals surface area (Å²) in [6, 6.07) is 10.2. The van der Waals surface area contributed by atoms with Gasteiger partial charge >= 0.3 is 12.0 Å². The van der Waals surface area contributed by atoms with Crippen molar-refractivity contribution >= 4 is 12.0 Å². The number of amides is 2. The van der Waals surface area contributed by atoms with E-state index < -0.39 is 5.97 Å². The molecule has 150 valence electrons. The number of nitrogens with zero attached hydrogens (tertiary/aromatic N) is 3. The first kappa shape index (κ1) is 19.9. The molecule has 1 aliphatic carbocycles. The minimum atomic E-state index is -0.816. The molecule has 1 fully saturated rings. The van der Waals surface area contributed by atoms with Crippen molar-refractivity contribution in [1.82, 2.24) is 25.3 Å². The van der Waals surface area contributed by atoms with Gasteiger partial charge in [-0.15, -0.1) is 0 Å². The number of urea groups is 1. The molecule has 0 saturated heterocycles. The predicted octanol–water partition coefficient (Wildman–Crippen LogP) is 1.67. The number of carboxylic acids is 1.